The molecule has 3 N–H and O–H groups in total. The summed E-state index contributed by atoms with van der Waals surface area (Å²) in [7, 11) is 1.40. The minimum absolute atomic E-state index is 0.0931. The van der Waals surface area contributed by atoms with Gasteiger partial charge < -0.3 is 24.8 Å². The van der Waals surface area contributed by atoms with Crippen LogP contribution in [0, 0.1) is 0 Å². The first-order valence-electron chi connectivity index (χ1n) is 3.35. The molecule has 5 heteroatoms. The van der Waals surface area contributed by atoms with Crippen LogP contribution in [0.4, 0.5) is 0 Å². The summed E-state index contributed by atoms with van der Waals surface area (Å²) < 4.78 is 9.46. The first kappa shape index (κ1) is 8.89. The maximum Gasteiger partial charge on any atom is 0.183 e. The van der Waals surface area contributed by atoms with Crippen LogP contribution in [0.2, 0.25) is 0 Å². The monoisotopic (exact) mass is 164 g/mol. The maximum atomic E-state index is 9.19. The molecule has 1 aliphatic rings. The highest BCUT2D eigenvalue weighted by Gasteiger charge is 2.37. The Morgan fingerprint density at radius 3 is 2.45 bits per heavy atom. The number of methoxy groups -OCH3 is 1. The van der Waals surface area contributed by atoms with Crippen LogP contribution in [0.25, 0.3) is 0 Å². The summed E-state index contributed by atoms with van der Waals surface area (Å²) in [5, 5.41) is 27.1. The fraction of sp³-hybridized carbons (Fsp3) is 1.00. The minimum atomic E-state index is -1.31. The highest BCUT2D eigenvalue weighted by atomic mass is 16.6. The predicted molar refractivity (Wildman–Crippen MR) is 34.8 cm³/mol. The van der Waals surface area contributed by atoms with Gasteiger partial charge in [0.05, 0.1) is 6.61 Å². The zero-order valence-corrected chi connectivity index (χ0v) is 6.17. The molecule has 0 saturated carbocycles. The van der Waals surface area contributed by atoms with Crippen LogP contribution in [0.3, 0.4) is 0 Å². The molecule has 0 spiro atoms. The van der Waals surface area contributed by atoms with Crippen LogP contribution in [0.15, 0.2) is 0 Å². The molecule has 0 aromatic rings. The van der Waals surface area contributed by atoms with Crippen molar-refractivity contribution >= 4 is 0 Å². The van der Waals surface area contributed by atoms with Crippen LogP contribution in [-0.2, 0) is 9.47 Å². The van der Waals surface area contributed by atoms with Crippen molar-refractivity contribution in [2.75, 3.05) is 13.7 Å². The van der Waals surface area contributed by atoms with Gasteiger partial charge in [-0.15, -0.1) is 0 Å². The van der Waals surface area contributed by atoms with E-state index in [0.717, 1.165) is 0 Å². The lowest BCUT2D eigenvalue weighted by molar-refractivity contribution is -0.256. The molecule has 0 bridgehead atoms. The summed E-state index contributed by atoms with van der Waals surface area (Å²) in [6.45, 7) is 0.0931. The highest BCUT2D eigenvalue weighted by molar-refractivity contribution is 4.82. The van der Waals surface area contributed by atoms with E-state index in [4.69, 9.17) is 14.9 Å². The third kappa shape index (κ3) is 1.69. The van der Waals surface area contributed by atoms with Gasteiger partial charge in [-0.3, -0.25) is 0 Å². The molecule has 66 valence electrons. The van der Waals surface area contributed by atoms with Crippen LogP contribution >= 0.6 is 0 Å². The summed E-state index contributed by atoms with van der Waals surface area (Å²) in [6, 6.07) is 0. The molecule has 1 aliphatic heterocycles. The zero-order chi connectivity index (χ0) is 8.43. The normalized spacial score (nSPS) is 45.8. The van der Waals surface area contributed by atoms with Gasteiger partial charge in [0.2, 0.25) is 0 Å². The summed E-state index contributed by atoms with van der Waals surface area (Å²) in [5.74, 6) is 0. The van der Waals surface area contributed by atoms with E-state index in [1.165, 1.54) is 7.11 Å². The van der Waals surface area contributed by atoms with E-state index in [1.54, 1.807) is 0 Å². The number of aliphatic hydroxyl groups is 3. The molecule has 4 atom stereocenters. The smallest absolute Gasteiger partial charge is 0.183 e. The van der Waals surface area contributed by atoms with Crippen molar-refractivity contribution in [3.63, 3.8) is 0 Å². The summed E-state index contributed by atoms with van der Waals surface area (Å²) >= 11 is 0. The molecular formula is C6H12O5. The molecule has 1 fully saturated rings. The Labute approximate surface area is 64.2 Å². The SMILES string of the molecule is CO[C@@H]1COC(O)[C@@H](O)[C@H]1O. The Bertz CT molecular complexity index is 126. The van der Waals surface area contributed by atoms with E-state index >= 15 is 0 Å². The van der Waals surface area contributed by atoms with E-state index in [1.807, 2.05) is 0 Å². The van der Waals surface area contributed by atoms with E-state index in [9.17, 15) is 5.11 Å². The average Bonchev–Trinajstić information content (AvgIpc) is 2.01. The molecule has 11 heavy (non-hydrogen) atoms. The van der Waals surface area contributed by atoms with Gasteiger partial charge in [0.1, 0.15) is 18.3 Å². The van der Waals surface area contributed by atoms with Crippen LogP contribution in [0.5, 0.6) is 0 Å². The number of hydrogen-bond donors (Lipinski definition) is 3. The number of aliphatic hydroxyl groups excluding tert-OH is 3. The van der Waals surface area contributed by atoms with Crippen molar-refractivity contribution in [2.24, 2.45) is 0 Å². The highest BCUT2D eigenvalue weighted by Crippen LogP contribution is 2.15. The second kappa shape index (κ2) is 3.46. The summed E-state index contributed by atoms with van der Waals surface area (Å²) in [6.07, 6.45) is -4.23. The third-order valence-electron chi connectivity index (χ3n) is 1.76. The van der Waals surface area contributed by atoms with Crippen LogP contribution in [0.1, 0.15) is 0 Å². The van der Waals surface area contributed by atoms with Gasteiger partial charge in [-0.05, 0) is 0 Å². The molecule has 5 nitrogen and oxygen atoms in total. The summed E-state index contributed by atoms with van der Waals surface area (Å²) in [4.78, 5) is 0. The van der Waals surface area contributed by atoms with Crippen molar-refractivity contribution < 1.29 is 24.8 Å². The van der Waals surface area contributed by atoms with Gasteiger partial charge in [-0.2, -0.15) is 0 Å². The molecule has 1 saturated heterocycles. The zero-order valence-electron chi connectivity index (χ0n) is 6.17. The van der Waals surface area contributed by atoms with Gasteiger partial charge in [-0.25, -0.2) is 0 Å². The number of ether oxygens (including phenoxy) is 2. The van der Waals surface area contributed by atoms with E-state index in [2.05, 4.69) is 4.74 Å². The lowest BCUT2D eigenvalue weighted by Crippen LogP contribution is -2.53. The molecule has 0 radical (unpaired) electrons. The second-order valence-corrected chi connectivity index (χ2v) is 2.48. The molecule has 1 heterocycles. The van der Waals surface area contributed by atoms with E-state index < -0.39 is 24.6 Å². The van der Waals surface area contributed by atoms with Crippen molar-refractivity contribution in [2.45, 2.75) is 24.6 Å². The van der Waals surface area contributed by atoms with E-state index in [0.29, 0.717) is 0 Å². The van der Waals surface area contributed by atoms with Crippen molar-refractivity contribution in [1.82, 2.24) is 0 Å². The molecule has 0 aromatic carbocycles. The van der Waals surface area contributed by atoms with Crippen molar-refractivity contribution in [1.29, 1.82) is 0 Å². The lowest BCUT2D eigenvalue weighted by atomic mass is 10.1. The van der Waals surface area contributed by atoms with Crippen LogP contribution < -0.4 is 0 Å². The standard InChI is InChI=1S/C6H12O5/c1-10-3-2-11-6(9)5(8)4(3)7/h3-9H,2H2,1H3/t3-,4+,5+,6?/m1/s1. The Hall–Kier alpha value is -0.200. The maximum absolute atomic E-state index is 9.19. The van der Waals surface area contributed by atoms with Gasteiger partial charge in [0.25, 0.3) is 0 Å². The molecule has 0 aromatic heterocycles. The first-order valence-corrected chi connectivity index (χ1v) is 3.35. The summed E-state index contributed by atoms with van der Waals surface area (Å²) in [5.41, 5.74) is 0. The van der Waals surface area contributed by atoms with Gasteiger partial charge >= 0.3 is 0 Å². The minimum Gasteiger partial charge on any atom is -0.387 e. The number of hydrogen-bond acceptors (Lipinski definition) is 5. The third-order valence-corrected chi connectivity index (χ3v) is 1.76. The molecule has 1 unspecified atom stereocenters. The van der Waals surface area contributed by atoms with Gasteiger partial charge in [0.15, 0.2) is 6.29 Å². The van der Waals surface area contributed by atoms with Crippen LogP contribution in [-0.4, -0.2) is 53.6 Å². The first-order chi connectivity index (χ1) is 5.16. The fourth-order valence-electron chi connectivity index (χ4n) is 0.987. The fourth-order valence-corrected chi connectivity index (χ4v) is 0.987. The quantitative estimate of drug-likeness (QED) is 0.420. The average molecular weight is 164 g/mol. The Morgan fingerprint density at radius 2 is 1.91 bits per heavy atom. The Kier molecular flexibility index (Phi) is 2.80. The molecular weight excluding hydrogens is 152 g/mol. The topological polar surface area (TPSA) is 79.2 Å². The van der Waals surface area contributed by atoms with Gasteiger partial charge in [0, 0.05) is 7.11 Å². The second-order valence-electron chi connectivity index (χ2n) is 2.48. The van der Waals surface area contributed by atoms with Crippen molar-refractivity contribution in [3.8, 4) is 0 Å². The predicted octanol–water partition coefficient (Wildman–Crippen LogP) is -1.93. The molecule has 0 amide bonds. The number of rotatable bonds is 1. The van der Waals surface area contributed by atoms with Gasteiger partial charge in [-0.1, -0.05) is 0 Å². The largest absolute Gasteiger partial charge is 0.387 e. The Balaban J connectivity index is 2.52. The molecule has 0 aliphatic carbocycles. The Morgan fingerprint density at radius 1 is 1.27 bits per heavy atom. The van der Waals surface area contributed by atoms with Crippen molar-refractivity contribution in [3.05, 3.63) is 0 Å². The molecule has 1 rings (SSSR count). The van der Waals surface area contributed by atoms with E-state index in [-0.39, 0.29) is 6.61 Å². The lowest BCUT2D eigenvalue weighted by Gasteiger charge is -2.33.